The fourth-order valence-corrected chi connectivity index (χ4v) is 4.32. The second kappa shape index (κ2) is 5.16. The Balaban J connectivity index is 2.39. The zero-order valence-electron chi connectivity index (χ0n) is 11.5. The van der Waals surface area contributed by atoms with Crippen LogP contribution in [0, 0.1) is 6.92 Å². The van der Waals surface area contributed by atoms with E-state index in [4.69, 9.17) is 5.73 Å². The number of hydrogen-bond acceptors (Lipinski definition) is 5. The van der Waals surface area contributed by atoms with Gasteiger partial charge in [0, 0.05) is 17.3 Å². The van der Waals surface area contributed by atoms with Crippen molar-refractivity contribution in [3.8, 4) is 0 Å². The zero-order chi connectivity index (χ0) is 15.0. The van der Waals surface area contributed by atoms with Gasteiger partial charge in [-0.1, -0.05) is 6.07 Å². The first kappa shape index (κ1) is 15.0. The van der Waals surface area contributed by atoms with Crippen LogP contribution in [0.5, 0.6) is 0 Å². The third kappa shape index (κ3) is 3.00. The number of rotatable bonds is 4. The van der Waals surface area contributed by atoms with Gasteiger partial charge in [-0.25, -0.2) is 13.4 Å². The lowest BCUT2D eigenvalue weighted by Gasteiger charge is -2.24. The molecule has 0 bridgehead atoms. The standard InChI is InChI=1S/C13H17N3O2S2/c1-9-4-5-10(14)8-11(9)20(17,18)16-13(2,3)12-15-6-7-19-12/h4-8,16H,14H2,1-3H3. The van der Waals surface area contributed by atoms with Crippen molar-refractivity contribution in [3.63, 3.8) is 0 Å². The third-order valence-corrected chi connectivity index (χ3v) is 5.75. The van der Waals surface area contributed by atoms with E-state index in [2.05, 4.69) is 9.71 Å². The van der Waals surface area contributed by atoms with Crippen molar-refractivity contribution in [2.24, 2.45) is 0 Å². The van der Waals surface area contributed by atoms with Gasteiger partial charge in [0.25, 0.3) is 0 Å². The van der Waals surface area contributed by atoms with Gasteiger partial charge >= 0.3 is 0 Å². The zero-order valence-corrected chi connectivity index (χ0v) is 13.2. The minimum Gasteiger partial charge on any atom is -0.399 e. The molecule has 1 aromatic carbocycles. The summed E-state index contributed by atoms with van der Waals surface area (Å²) in [5.41, 5.74) is 5.98. The van der Waals surface area contributed by atoms with Crippen molar-refractivity contribution < 1.29 is 8.42 Å². The molecule has 0 amide bonds. The van der Waals surface area contributed by atoms with Gasteiger partial charge in [-0.3, -0.25) is 0 Å². The number of aromatic nitrogens is 1. The predicted octanol–water partition coefficient (Wildman–Crippen LogP) is 2.25. The van der Waals surface area contributed by atoms with Crippen molar-refractivity contribution in [2.45, 2.75) is 31.2 Å². The number of nitrogens with zero attached hydrogens (tertiary/aromatic N) is 1. The molecule has 0 aliphatic rings. The Morgan fingerprint density at radius 3 is 2.65 bits per heavy atom. The Morgan fingerprint density at radius 2 is 2.05 bits per heavy atom. The Kier molecular flexibility index (Phi) is 3.86. The summed E-state index contributed by atoms with van der Waals surface area (Å²) in [7, 11) is -3.66. The molecule has 2 rings (SSSR count). The normalized spacial score (nSPS) is 12.6. The first-order valence-corrected chi connectivity index (χ1v) is 8.39. The Labute approximate surface area is 122 Å². The smallest absolute Gasteiger partial charge is 0.241 e. The van der Waals surface area contributed by atoms with Gasteiger partial charge in [0.1, 0.15) is 5.01 Å². The molecule has 5 nitrogen and oxygen atoms in total. The van der Waals surface area contributed by atoms with Crippen molar-refractivity contribution in [1.82, 2.24) is 9.71 Å². The van der Waals surface area contributed by atoms with Crippen LogP contribution >= 0.6 is 11.3 Å². The van der Waals surface area contributed by atoms with Gasteiger partial charge in [0.2, 0.25) is 10.0 Å². The van der Waals surface area contributed by atoms with E-state index < -0.39 is 15.6 Å². The van der Waals surface area contributed by atoms with E-state index in [-0.39, 0.29) is 4.90 Å². The van der Waals surface area contributed by atoms with Crippen molar-refractivity contribution in [2.75, 3.05) is 5.73 Å². The summed E-state index contributed by atoms with van der Waals surface area (Å²) in [4.78, 5) is 4.37. The van der Waals surface area contributed by atoms with Gasteiger partial charge in [0.05, 0.1) is 10.4 Å². The first-order valence-electron chi connectivity index (χ1n) is 6.02. The molecule has 0 saturated heterocycles. The van der Waals surface area contributed by atoms with E-state index >= 15 is 0 Å². The molecule has 0 radical (unpaired) electrons. The summed E-state index contributed by atoms with van der Waals surface area (Å²) in [5, 5.41) is 2.53. The molecule has 1 aromatic heterocycles. The molecule has 0 fully saturated rings. The Morgan fingerprint density at radius 1 is 1.35 bits per heavy atom. The van der Waals surface area contributed by atoms with E-state index in [9.17, 15) is 8.42 Å². The Bertz CT molecular complexity index is 707. The molecule has 0 saturated carbocycles. The highest BCUT2D eigenvalue weighted by molar-refractivity contribution is 7.89. The first-order chi connectivity index (χ1) is 9.22. The quantitative estimate of drug-likeness (QED) is 0.848. The van der Waals surface area contributed by atoms with Gasteiger partial charge in [0.15, 0.2) is 0 Å². The lowest BCUT2D eigenvalue weighted by atomic mass is 10.1. The number of benzene rings is 1. The van der Waals surface area contributed by atoms with Gasteiger partial charge in [-0.05, 0) is 38.5 Å². The topological polar surface area (TPSA) is 85.1 Å². The molecule has 108 valence electrons. The van der Waals surface area contributed by atoms with Crippen LogP contribution in [0.15, 0.2) is 34.7 Å². The maximum Gasteiger partial charge on any atom is 0.241 e. The van der Waals surface area contributed by atoms with E-state index in [1.54, 1.807) is 39.1 Å². The summed E-state index contributed by atoms with van der Waals surface area (Å²) < 4.78 is 27.7. The highest BCUT2D eigenvalue weighted by Gasteiger charge is 2.30. The fourth-order valence-electron chi connectivity index (χ4n) is 1.87. The van der Waals surface area contributed by atoms with Crippen LogP contribution < -0.4 is 10.5 Å². The van der Waals surface area contributed by atoms with E-state index in [0.29, 0.717) is 16.3 Å². The highest BCUT2D eigenvalue weighted by Crippen LogP contribution is 2.26. The SMILES string of the molecule is Cc1ccc(N)cc1S(=O)(=O)NC(C)(C)c1nccs1. The largest absolute Gasteiger partial charge is 0.399 e. The molecule has 20 heavy (non-hydrogen) atoms. The molecule has 0 unspecified atom stereocenters. The second-order valence-electron chi connectivity index (χ2n) is 5.09. The molecule has 1 heterocycles. The predicted molar refractivity (Wildman–Crippen MR) is 81.1 cm³/mol. The van der Waals surface area contributed by atoms with Crippen molar-refractivity contribution in [3.05, 3.63) is 40.3 Å². The maximum absolute atomic E-state index is 12.5. The van der Waals surface area contributed by atoms with Crippen LogP contribution in [-0.4, -0.2) is 13.4 Å². The number of nitrogens with one attached hydrogen (secondary N) is 1. The monoisotopic (exact) mass is 311 g/mol. The van der Waals surface area contributed by atoms with Gasteiger partial charge in [-0.15, -0.1) is 11.3 Å². The second-order valence-corrected chi connectivity index (χ2v) is 7.64. The summed E-state index contributed by atoms with van der Waals surface area (Å²) in [5.74, 6) is 0. The van der Waals surface area contributed by atoms with Crippen LogP contribution in [0.4, 0.5) is 5.69 Å². The molecule has 0 aliphatic heterocycles. The van der Waals surface area contributed by atoms with E-state index in [1.165, 1.54) is 17.4 Å². The lowest BCUT2D eigenvalue weighted by Crippen LogP contribution is -2.41. The van der Waals surface area contributed by atoms with Crippen molar-refractivity contribution in [1.29, 1.82) is 0 Å². The average molecular weight is 311 g/mol. The third-order valence-electron chi connectivity index (χ3n) is 2.86. The maximum atomic E-state index is 12.5. The number of hydrogen-bond donors (Lipinski definition) is 2. The number of anilines is 1. The van der Waals surface area contributed by atoms with E-state index in [0.717, 1.165) is 0 Å². The highest BCUT2D eigenvalue weighted by atomic mass is 32.2. The number of sulfonamides is 1. The number of thiazole rings is 1. The van der Waals surface area contributed by atoms with Crippen LogP contribution in [0.3, 0.4) is 0 Å². The number of nitrogen functional groups attached to an aromatic ring is 1. The van der Waals surface area contributed by atoms with Crippen LogP contribution in [0.1, 0.15) is 24.4 Å². The van der Waals surface area contributed by atoms with Crippen molar-refractivity contribution >= 4 is 27.0 Å². The summed E-state index contributed by atoms with van der Waals surface area (Å²) in [6, 6.07) is 4.84. The molecule has 0 aliphatic carbocycles. The lowest BCUT2D eigenvalue weighted by molar-refractivity contribution is 0.469. The Hall–Kier alpha value is -1.44. The molecule has 2 aromatic rings. The van der Waals surface area contributed by atoms with Gasteiger partial charge < -0.3 is 5.73 Å². The summed E-state index contributed by atoms with van der Waals surface area (Å²) >= 11 is 1.41. The van der Waals surface area contributed by atoms with Crippen LogP contribution in [0.25, 0.3) is 0 Å². The minimum atomic E-state index is -3.66. The summed E-state index contributed by atoms with van der Waals surface area (Å²) in [6.45, 7) is 5.31. The molecular weight excluding hydrogens is 294 g/mol. The van der Waals surface area contributed by atoms with E-state index in [1.807, 2.05) is 5.38 Å². The molecule has 0 spiro atoms. The van der Waals surface area contributed by atoms with Crippen LogP contribution in [0.2, 0.25) is 0 Å². The number of nitrogens with two attached hydrogens (primary N) is 1. The fraction of sp³-hybridized carbons (Fsp3) is 0.308. The minimum absolute atomic E-state index is 0.196. The summed E-state index contributed by atoms with van der Waals surface area (Å²) in [6.07, 6.45) is 1.65. The average Bonchev–Trinajstić information content (AvgIpc) is 2.85. The molecule has 0 atom stereocenters. The van der Waals surface area contributed by atoms with Crippen LogP contribution in [-0.2, 0) is 15.6 Å². The molecular formula is C13H17N3O2S2. The van der Waals surface area contributed by atoms with Gasteiger partial charge in [-0.2, -0.15) is 4.72 Å². The number of aryl methyl sites for hydroxylation is 1. The molecule has 7 heteroatoms. The molecule has 3 N–H and O–H groups in total.